The first-order valence-electron chi connectivity index (χ1n) is 8.44. The first-order chi connectivity index (χ1) is 12.8. The molecule has 1 fully saturated rings. The van der Waals surface area contributed by atoms with Gasteiger partial charge < -0.3 is 14.9 Å². The van der Waals surface area contributed by atoms with Gasteiger partial charge in [-0.05, 0) is 54.3 Å². The fraction of sp³-hybridized carbons (Fsp3) is 0.300. The Balaban J connectivity index is 0.000000159. The standard InChI is InChI=1S/C10H9ClO2.C6H5ClO.C4H6O2/c1-5-4-8(13)10-7(12)3-2-6(11)9(5)10;7-5-1-3-6(8)4-2-5;5-4-2-1-3-6-4/h2-3,5,12H,4H2,1H3;1-4,8H;1-3H2. The van der Waals surface area contributed by atoms with E-state index < -0.39 is 0 Å². The number of hydrogen-bond acceptors (Lipinski definition) is 5. The maximum Gasteiger partial charge on any atom is 0.305 e. The fourth-order valence-corrected chi connectivity index (χ4v) is 3.23. The van der Waals surface area contributed by atoms with E-state index in [1.54, 1.807) is 30.3 Å². The Morgan fingerprint density at radius 3 is 2.15 bits per heavy atom. The normalized spacial score (nSPS) is 17.2. The van der Waals surface area contributed by atoms with Gasteiger partial charge in [0.15, 0.2) is 5.78 Å². The molecule has 0 spiro atoms. The number of carbonyl (C=O) groups excluding carboxylic acids is 2. The SMILES string of the molecule is CC1CC(=O)c2c(O)ccc(Cl)c21.O=C1CCCO1.Oc1ccc(Cl)cc1. The molecule has 2 aromatic carbocycles. The third-order valence-corrected chi connectivity index (χ3v) is 4.63. The summed E-state index contributed by atoms with van der Waals surface area (Å²) in [5, 5.41) is 19.4. The number of phenols is 2. The van der Waals surface area contributed by atoms with Crippen LogP contribution in [0.3, 0.4) is 0 Å². The smallest absolute Gasteiger partial charge is 0.305 e. The third kappa shape index (κ3) is 5.88. The second kappa shape index (κ2) is 9.62. The minimum atomic E-state index is -0.0463. The van der Waals surface area contributed by atoms with Crippen LogP contribution < -0.4 is 0 Å². The van der Waals surface area contributed by atoms with Crippen molar-refractivity contribution in [1.82, 2.24) is 0 Å². The summed E-state index contributed by atoms with van der Waals surface area (Å²) in [4.78, 5) is 21.5. The number of ketones is 1. The highest BCUT2D eigenvalue weighted by molar-refractivity contribution is 6.32. The minimum Gasteiger partial charge on any atom is -0.508 e. The maximum absolute atomic E-state index is 11.4. The van der Waals surface area contributed by atoms with Gasteiger partial charge in [-0.3, -0.25) is 9.59 Å². The molecular weight excluding hydrogens is 391 g/mol. The quantitative estimate of drug-likeness (QED) is 0.589. The number of Topliss-reactive ketones (excluding diaryl/α,β-unsaturated/α-hetero) is 1. The van der Waals surface area contributed by atoms with Crippen molar-refractivity contribution in [3.8, 4) is 11.5 Å². The number of fused-ring (bicyclic) bond motifs is 1. The molecule has 2 aromatic rings. The lowest BCUT2D eigenvalue weighted by atomic mass is 10.0. The predicted octanol–water partition coefficient (Wildman–Crippen LogP) is 5.10. The molecule has 1 unspecified atom stereocenters. The number of rotatable bonds is 0. The lowest BCUT2D eigenvalue weighted by molar-refractivity contribution is -0.137. The molecule has 1 saturated heterocycles. The van der Waals surface area contributed by atoms with Gasteiger partial charge in [0.05, 0.1) is 12.2 Å². The summed E-state index contributed by atoms with van der Waals surface area (Å²) in [6, 6.07) is 9.46. The van der Waals surface area contributed by atoms with Crippen molar-refractivity contribution in [3.05, 3.63) is 57.6 Å². The van der Waals surface area contributed by atoms with Gasteiger partial charge in [0, 0.05) is 22.9 Å². The number of hydrogen-bond donors (Lipinski definition) is 2. The molecule has 1 aliphatic heterocycles. The topological polar surface area (TPSA) is 83.8 Å². The van der Waals surface area contributed by atoms with Crippen LogP contribution in [-0.2, 0) is 9.53 Å². The molecule has 1 atom stereocenters. The van der Waals surface area contributed by atoms with Crippen LogP contribution in [0.2, 0.25) is 10.0 Å². The van der Waals surface area contributed by atoms with Gasteiger partial charge in [0.25, 0.3) is 0 Å². The number of esters is 1. The van der Waals surface area contributed by atoms with E-state index in [0.717, 1.165) is 12.0 Å². The summed E-state index contributed by atoms with van der Waals surface area (Å²) in [6.07, 6.45) is 1.99. The Morgan fingerprint density at radius 1 is 1.04 bits per heavy atom. The van der Waals surface area contributed by atoms with E-state index in [0.29, 0.717) is 35.1 Å². The second-order valence-corrected chi connectivity index (χ2v) is 7.03. The van der Waals surface area contributed by atoms with Crippen molar-refractivity contribution in [1.29, 1.82) is 0 Å². The van der Waals surface area contributed by atoms with Crippen molar-refractivity contribution in [2.75, 3.05) is 6.61 Å². The molecule has 7 heteroatoms. The van der Waals surface area contributed by atoms with Crippen LogP contribution in [0.4, 0.5) is 0 Å². The molecule has 4 rings (SSSR count). The van der Waals surface area contributed by atoms with E-state index in [-0.39, 0.29) is 29.2 Å². The van der Waals surface area contributed by atoms with E-state index in [4.69, 9.17) is 28.3 Å². The predicted molar refractivity (Wildman–Crippen MR) is 104 cm³/mol. The molecule has 5 nitrogen and oxygen atoms in total. The van der Waals surface area contributed by atoms with Crippen LogP contribution in [-0.4, -0.2) is 28.6 Å². The molecule has 1 aliphatic carbocycles. The molecule has 144 valence electrons. The van der Waals surface area contributed by atoms with Gasteiger partial charge in [0.1, 0.15) is 11.5 Å². The number of carbonyl (C=O) groups is 2. The Hall–Kier alpha value is -2.24. The lowest BCUT2D eigenvalue weighted by Gasteiger charge is -2.06. The van der Waals surface area contributed by atoms with Crippen molar-refractivity contribution < 1.29 is 24.5 Å². The van der Waals surface area contributed by atoms with E-state index >= 15 is 0 Å². The zero-order valence-corrected chi connectivity index (χ0v) is 16.3. The number of benzene rings is 2. The van der Waals surface area contributed by atoms with Gasteiger partial charge in [0.2, 0.25) is 0 Å². The van der Waals surface area contributed by atoms with Gasteiger partial charge in [-0.15, -0.1) is 0 Å². The highest BCUT2D eigenvalue weighted by Gasteiger charge is 2.30. The molecule has 1 heterocycles. The summed E-state index contributed by atoms with van der Waals surface area (Å²) >= 11 is 11.4. The highest BCUT2D eigenvalue weighted by atomic mass is 35.5. The van der Waals surface area contributed by atoms with E-state index in [1.807, 2.05) is 6.92 Å². The molecule has 27 heavy (non-hydrogen) atoms. The monoisotopic (exact) mass is 410 g/mol. The molecule has 0 bridgehead atoms. The van der Waals surface area contributed by atoms with E-state index in [9.17, 15) is 14.7 Å². The van der Waals surface area contributed by atoms with Crippen LogP contribution in [0.25, 0.3) is 0 Å². The number of aromatic hydroxyl groups is 2. The summed E-state index contributed by atoms with van der Waals surface area (Å²) in [5.74, 6) is 0.364. The van der Waals surface area contributed by atoms with Crippen LogP contribution in [0.15, 0.2) is 36.4 Å². The fourth-order valence-electron chi connectivity index (χ4n) is 2.76. The van der Waals surface area contributed by atoms with Crippen LogP contribution in [0, 0.1) is 0 Å². The maximum atomic E-state index is 11.4. The second-order valence-electron chi connectivity index (χ2n) is 6.18. The van der Waals surface area contributed by atoms with Gasteiger partial charge >= 0.3 is 5.97 Å². The first-order valence-corrected chi connectivity index (χ1v) is 9.20. The number of cyclic esters (lactones) is 1. The van der Waals surface area contributed by atoms with Crippen molar-refractivity contribution in [3.63, 3.8) is 0 Å². The average Bonchev–Trinajstić information content (AvgIpc) is 3.22. The van der Waals surface area contributed by atoms with E-state index in [1.165, 1.54) is 6.07 Å². The molecule has 0 aromatic heterocycles. The summed E-state index contributed by atoms with van der Waals surface area (Å²) in [6.45, 7) is 2.58. The Kier molecular flexibility index (Phi) is 7.51. The third-order valence-electron chi connectivity index (χ3n) is 4.05. The summed E-state index contributed by atoms with van der Waals surface area (Å²) < 4.78 is 4.51. The van der Waals surface area contributed by atoms with Crippen molar-refractivity contribution in [2.45, 2.75) is 32.1 Å². The zero-order valence-electron chi connectivity index (χ0n) is 14.7. The molecule has 0 saturated carbocycles. The zero-order chi connectivity index (χ0) is 20.0. The van der Waals surface area contributed by atoms with Crippen molar-refractivity contribution >= 4 is 35.0 Å². The molecule has 0 amide bonds. The molecule has 2 N–H and O–H groups in total. The van der Waals surface area contributed by atoms with Gasteiger partial charge in [-0.1, -0.05) is 30.1 Å². The Labute approximate surface area is 167 Å². The molecule has 0 radical (unpaired) electrons. The summed E-state index contributed by atoms with van der Waals surface area (Å²) in [7, 11) is 0. The average molecular weight is 411 g/mol. The Morgan fingerprint density at radius 2 is 1.70 bits per heavy atom. The van der Waals surface area contributed by atoms with Crippen LogP contribution in [0.5, 0.6) is 11.5 Å². The van der Waals surface area contributed by atoms with E-state index in [2.05, 4.69) is 4.74 Å². The minimum absolute atomic E-state index is 0.0116. The highest BCUT2D eigenvalue weighted by Crippen LogP contribution is 2.41. The number of phenolic OH excluding ortho intramolecular Hbond substituents is 2. The van der Waals surface area contributed by atoms with Crippen LogP contribution >= 0.6 is 23.2 Å². The van der Waals surface area contributed by atoms with Crippen LogP contribution in [0.1, 0.15) is 48.0 Å². The number of halogens is 2. The van der Waals surface area contributed by atoms with Crippen molar-refractivity contribution in [2.24, 2.45) is 0 Å². The molecule has 2 aliphatic rings. The largest absolute Gasteiger partial charge is 0.508 e. The Bertz CT molecular complexity index is 789. The molecular formula is C20H20Cl2O5. The first kappa shape index (κ1) is 21.1. The van der Waals surface area contributed by atoms with Gasteiger partial charge in [-0.25, -0.2) is 0 Å². The van der Waals surface area contributed by atoms with Gasteiger partial charge in [-0.2, -0.15) is 0 Å². The summed E-state index contributed by atoms with van der Waals surface area (Å²) in [5.41, 5.74) is 1.21. The lowest BCUT2D eigenvalue weighted by Crippen LogP contribution is -1.91. The number of ether oxygens (including phenoxy) is 1.